The van der Waals surface area contributed by atoms with E-state index in [2.05, 4.69) is 12.2 Å². The fourth-order valence-electron chi connectivity index (χ4n) is 2.75. The van der Waals surface area contributed by atoms with Crippen molar-refractivity contribution in [2.24, 2.45) is 0 Å². The number of methoxy groups -OCH3 is 1. The van der Waals surface area contributed by atoms with Crippen LogP contribution in [0.25, 0.3) is 0 Å². The Balaban J connectivity index is 2.42. The Morgan fingerprint density at radius 2 is 2.19 bits per heavy atom. The molecule has 1 atom stereocenters. The average Bonchev–Trinajstić information content (AvgIpc) is 2.48. The second-order valence-electron chi connectivity index (χ2n) is 5.42. The summed E-state index contributed by atoms with van der Waals surface area (Å²) in [5.41, 5.74) is 0.913. The van der Waals surface area contributed by atoms with Crippen LogP contribution in [0, 0.1) is 6.92 Å². The van der Waals surface area contributed by atoms with Crippen molar-refractivity contribution in [3.8, 4) is 5.75 Å². The molecule has 0 amide bonds. The summed E-state index contributed by atoms with van der Waals surface area (Å²) in [6.45, 7) is 5.87. The Morgan fingerprint density at radius 3 is 2.86 bits per heavy atom. The van der Waals surface area contributed by atoms with Crippen molar-refractivity contribution in [1.82, 2.24) is 9.62 Å². The standard InChI is InChI=1S/C15H24N2O3S/c1-4-5-13-11-16-8-9-17(13)21(18,19)15-10-12(2)6-7-14(15)20-3/h6-7,10,13,16H,4-5,8-9,11H2,1-3H3. The van der Waals surface area contributed by atoms with Gasteiger partial charge in [0.1, 0.15) is 10.6 Å². The summed E-state index contributed by atoms with van der Waals surface area (Å²) in [5, 5.41) is 3.28. The van der Waals surface area contributed by atoms with Crippen LogP contribution >= 0.6 is 0 Å². The number of rotatable bonds is 5. The van der Waals surface area contributed by atoms with Gasteiger partial charge in [-0.3, -0.25) is 0 Å². The molecule has 1 aliphatic heterocycles. The van der Waals surface area contributed by atoms with Gasteiger partial charge < -0.3 is 10.1 Å². The molecule has 0 bridgehead atoms. The monoisotopic (exact) mass is 312 g/mol. The molecule has 6 heteroatoms. The van der Waals surface area contributed by atoms with Gasteiger partial charge in [-0.15, -0.1) is 0 Å². The van der Waals surface area contributed by atoms with E-state index in [4.69, 9.17) is 4.74 Å². The molecule has 118 valence electrons. The topological polar surface area (TPSA) is 58.6 Å². The van der Waals surface area contributed by atoms with Gasteiger partial charge in [0.15, 0.2) is 0 Å². The first-order valence-corrected chi connectivity index (χ1v) is 8.82. The zero-order valence-corrected chi connectivity index (χ0v) is 13.7. The molecular weight excluding hydrogens is 288 g/mol. The summed E-state index contributed by atoms with van der Waals surface area (Å²) in [6, 6.07) is 5.29. The third-order valence-corrected chi connectivity index (χ3v) is 5.80. The van der Waals surface area contributed by atoms with Crippen molar-refractivity contribution in [2.75, 3.05) is 26.7 Å². The second-order valence-corrected chi connectivity index (χ2v) is 7.28. The fraction of sp³-hybridized carbons (Fsp3) is 0.600. The molecule has 1 N–H and O–H groups in total. The normalized spacial score (nSPS) is 20.4. The Kier molecular flexibility index (Phi) is 5.24. The predicted octanol–water partition coefficient (Wildman–Crippen LogP) is 1.77. The second kappa shape index (κ2) is 6.77. The van der Waals surface area contributed by atoms with Crippen LogP contribution in [0.3, 0.4) is 0 Å². The molecule has 1 aromatic carbocycles. The van der Waals surface area contributed by atoms with Gasteiger partial charge in [-0.05, 0) is 31.0 Å². The Morgan fingerprint density at radius 1 is 1.43 bits per heavy atom. The molecule has 1 aromatic rings. The highest BCUT2D eigenvalue weighted by molar-refractivity contribution is 7.89. The van der Waals surface area contributed by atoms with Crippen LogP contribution in [-0.2, 0) is 10.0 Å². The minimum Gasteiger partial charge on any atom is -0.495 e. The lowest BCUT2D eigenvalue weighted by Gasteiger charge is -2.35. The number of ether oxygens (including phenoxy) is 1. The first-order valence-electron chi connectivity index (χ1n) is 7.38. The van der Waals surface area contributed by atoms with E-state index in [1.165, 1.54) is 7.11 Å². The van der Waals surface area contributed by atoms with E-state index in [0.717, 1.165) is 18.4 Å². The zero-order valence-electron chi connectivity index (χ0n) is 12.9. The maximum absolute atomic E-state index is 13.0. The van der Waals surface area contributed by atoms with E-state index in [-0.39, 0.29) is 10.9 Å². The highest BCUT2D eigenvalue weighted by Crippen LogP contribution is 2.29. The highest BCUT2D eigenvalue weighted by atomic mass is 32.2. The van der Waals surface area contributed by atoms with Gasteiger partial charge in [0, 0.05) is 25.7 Å². The molecule has 1 aliphatic rings. The van der Waals surface area contributed by atoms with E-state index in [9.17, 15) is 8.42 Å². The van der Waals surface area contributed by atoms with Gasteiger partial charge in [-0.2, -0.15) is 4.31 Å². The first-order chi connectivity index (χ1) is 10.0. The number of hydrogen-bond donors (Lipinski definition) is 1. The van der Waals surface area contributed by atoms with Gasteiger partial charge >= 0.3 is 0 Å². The predicted molar refractivity (Wildman–Crippen MR) is 83.2 cm³/mol. The fourth-order valence-corrected chi connectivity index (χ4v) is 4.65. The van der Waals surface area contributed by atoms with Crippen LogP contribution in [0.2, 0.25) is 0 Å². The quantitative estimate of drug-likeness (QED) is 0.900. The van der Waals surface area contributed by atoms with Crippen molar-refractivity contribution in [3.63, 3.8) is 0 Å². The Hall–Kier alpha value is -1.11. The van der Waals surface area contributed by atoms with Crippen molar-refractivity contribution < 1.29 is 13.2 Å². The number of piperazine rings is 1. The van der Waals surface area contributed by atoms with Gasteiger partial charge in [0.25, 0.3) is 0 Å². The van der Waals surface area contributed by atoms with E-state index in [1.807, 2.05) is 13.0 Å². The van der Waals surface area contributed by atoms with Crippen molar-refractivity contribution in [2.45, 2.75) is 37.6 Å². The van der Waals surface area contributed by atoms with E-state index >= 15 is 0 Å². The van der Waals surface area contributed by atoms with Gasteiger partial charge in [0.05, 0.1) is 7.11 Å². The molecule has 1 saturated heterocycles. The van der Waals surface area contributed by atoms with Crippen LogP contribution in [0.15, 0.2) is 23.1 Å². The van der Waals surface area contributed by atoms with Crippen molar-refractivity contribution >= 4 is 10.0 Å². The maximum atomic E-state index is 13.0. The summed E-state index contributed by atoms with van der Waals surface area (Å²) in [6.07, 6.45) is 1.82. The average molecular weight is 312 g/mol. The lowest BCUT2D eigenvalue weighted by atomic mass is 10.1. The number of hydrogen-bond acceptors (Lipinski definition) is 4. The Bertz CT molecular complexity index is 585. The molecule has 2 rings (SSSR count). The molecule has 1 heterocycles. The summed E-state index contributed by atoms with van der Waals surface area (Å²) in [7, 11) is -2.03. The number of sulfonamides is 1. The minimum atomic E-state index is -3.53. The largest absolute Gasteiger partial charge is 0.495 e. The molecule has 5 nitrogen and oxygen atoms in total. The SMILES string of the molecule is CCCC1CNCCN1S(=O)(=O)c1cc(C)ccc1OC. The highest BCUT2D eigenvalue weighted by Gasteiger charge is 2.34. The molecule has 21 heavy (non-hydrogen) atoms. The summed E-state index contributed by atoms with van der Waals surface area (Å²) < 4.78 is 32.9. The van der Waals surface area contributed by atoms with Gasteiger partial charge in [-0.25, -0.2) is 8.42 Å². The van der Waals surface area contributed by atoms with Crippen molar-refractivity contribution in [1.29, 1.82) is 0 Å². The zero-order chi connectivity index (χ0) is 15.5. The molecule has 0 radical (unpaired) electrons. The minimum absolute atomic E-state index is 0.0129. The van der Waals surface area contributed by atoms with Gasteiger partial charge in [-0.1, -0.05) is 19.4 Å². The van der Waals surface area contributed by atoms with Crippen LogP contribution < -0.4 is 10.1 Å². The number of nitrogens with zero attached hydrogens (tertiary/aromatic N) is 1. The first kappa shape index (κ1) is 16.3. The lowest BCUT2D eigenvalue weighted by Crippen LogP contribution is -2.53. The van der Waals surface area contributed by atoms with Crippen LogP contribution in [0.5, 0.6) is 5.75 Å². The van der Waals surface area contributed by atoms with Crippen molar-refractivity contribution in [3.05, 3.63) is 23.8 Å². The maximum Gasteiger partial charge on any atom is 0.247 e. The molecule has 0 aromatic heterocycles. The van der Waals surface area contributed by atoms with Crippen LogP contribution in [0.4, 0.5) is 0 Å². The molecule has 0 aliphatic carbocycles. The number of nitrogens with one attached hydrogen (secondary N) is 1. The molecule has 1 fully saturated rings. The smallest absolute Gasteiger partial charge is 0.247 e. The third kappa shape index (κ3) is 3.39. The summed E-state index contributed by atoms with van der Waals surface area (Å²) in [5.74, 6) is 0.411. The van der Waals surface area contributed by atoms with Gasteiger partial charge in [0.2, 0.25) is 10.0 Å². The summed E-state index contributed by atoms with van der Waals surface area (Å²) in [4.78, 5) is 0.271. The number of aryl methyl sites for hydroxylation is 1. The Labute approximate surface area is 127 Å². The number of benzene rings is 1. The third-order valence-electron chi connectivity index (χ3n) is 3.82. The van der Waals surface area contributed by atoms with E-state index in [1.54, 1.807) is 16.4 Å². The lowest BCUT2D eigenvalue weighted by molar-refractivity contribution is 0.253. The van der Waals surface area contributed by atoms with Crippen LogP contribution in [-0.4, -0.2) is 45.5 Å². The van der Waals surface area contributed by atoms with Crippen LogP contribution in [0.1, 0.15) is 25.3 Å². The molecule has 0 saturated carbocycles. The molecular formula is C15H24N2O3S. The summed E-state index contributed by atoms with van der Waals surface area (Å²) >= 11 is 0. The van der Waals surface area contributed by atoms with E-state index in [0.29, 0.717) is 25.4 Å². The molecule has 0 spiro atoms. The molecule has 1 unspecified atom stereocenters. The van der Waals surface area contributed by atoms with E-state index < -0.39 is 10.0 Å².